The smallest absolute Gasteiger partial charge is 0.270 e. The van der Waals surface area contributed by atoms with Crippen molar-refractivity contribution >= 4 is 17.5 Å². The lowest BCUT2D eigenvalue weighted by Gasteiger charge is -2.28. The number of methoxy groups -OCH3 is 1. The Balaban J connectivity index is 1.70. The first-order valence-electron chi connectivity index (χ1n) is 7.52. The van der Waals surface area contributed by atoms with E-state index in [0.717, 1.165) is 25.7 Å². The Morgan fingerprint density at radius 3 is 2.78 bits per heavy atom. The Bertz CT molecular complexity index is 669. The average molecular weight is 336 g/mol. The molecule has 1 saturated carbocycles. The Hall–Kier alpha value is -1.99. The van der Waals surface area contributed by atoms with Crippen LogP contribution in [-0.2, 0) is 4.74 Å². The van der Waals surface area contributed by atoms with Gasteiger partial charge in [-0.25, -0.2) is 15.0 Å². The van der Waals surface area contributed by atoms with Gasteiger partial charge in [0.25, 0.3) is 5.91 Å². The fourth-order valence-electron chi connectivity index (χ4n) is 2.72. The van der Waals surface area contributed by atoms with Crippen LogP contribution in [0.4, 0.5) is 0 Å². The summed E-state index contributed by atoms with van der Waals surface area (Å²) in [5, 5.41) is 3.23. The summed E-state index contributed by atoms with van der Waals surface area (Å²) in [6.45, 7) is 0. The monoisotopic (exact) mass is 335 g/mol. The molecule has 0 spiro atoms. The van der Waals surface area contributed by atoms with Gasteiger partial charge in [0.15, 0.2) is 0 Å². The number of halogens is 1. The molecular weight excluding hydrogens is 318 g/mol. The SMILES string of the molecule is COC1CCC(NC(=O)c2cc(Cl)nc(-n3ccnc3)n2)CC1. The molecule has 1 fully saturated rings. The number of aromatic nitrogens is 4. The lowest BCUT2D eigenvalue weighted by atomic mass is 9.93. The van der Waals surface area contributed by atoms with E-state index in [9.17, 15) is 4.79 Å². The zero-order valence-corrected chi connectivity index (χ0v) is 13.5. The summed E-state index contributed by atoms with van der Waals surface area (Å²) in [7, 11) is 1.73. The van der Waals surface area contributed by atoms with Crippen LogP contribution in [0, 0.1) is 0 Å². The first-order chi connectivity index (χ1) is 11.2. The number of nitrogens with one attached hydrogen (secondary N) is 1. The second-order valence-corrected chi connectivity index (χ2v) is 5.92. The van der Waals surface area contributed by atoms with Gasteiger partial charge in [0.2, 0.25) is 5.95 Å². The number of rotatable bonds is 4. The second-order valence-electron chi connectivity index (χ2n) is 5.53. The molecular formula is C15H18ClN5O2. The number of amides is 1. The molecule has 0 bridgehead atoms. The van der Waals surface area contributed by atoms with Gasteiger partial charge in [0.05, 0.1) is 6.10 Å². The van der Waals surface area contributed by atoms with E-state index < -0.39 is 0 Å². The van der Waals surface area contributed by atoms with Crippen molar-refractivity contribution in [2.45, 2.75) is 37.8 Å². The molecule has 1 amide bonds. The minimum absolute atomic E-state index is 0.138. The predicted molar refractivity (Wildman–Crippen MR) is 84.7 cm³/mol. The summed E-state index contributed by atoms with van der Waals surface area (Å²) < 4.78 is 6.95. The molecule has 0 atom stereocenters. The highest BCUT2D eigenvalue weighted by Gasteiger charge is 2.23. The van der Waals surface area contributed by atoms with Crippen LogP contribution in [0.3, 0.4) is 0 Å². The van der Waals surface area contributed by atoms with E-state index in [1.54, 1.807) is 30.4 Å². The highest BCUT2D eigenvalue weighted by Crippen LogP contribution is 2.21. The van der Waals surface area contributed by atoms with E-state index in [0.29, 0.717) is 12.1 Å². The van der Waals surface area contributed by atoms with Crippen molar-refractivity contribution in [2.24, 2.45) is 0 Å². The fourth-order valence-corrected chi connectivity index (χ4v) is 2.90. The van der Waals surface area contributed by atoms with E-state index in [-0.39, 0.29) is 22.8 Å². The summed E-state index contributed by atoms with van der Waals surface area (Å²) in [5.74, 6) is 0.0831. The van der Waals surface area contributed by atoms with Crippen LogP contribution >= 0.6 is 11.6 Å². The van der Waals surface area contributed by atoms with Crippen molar-refractivity contribution < 1.29 is 9.53 Å². The molecule has 1 N–H and O–H groups in total. The van der Waals surface area contributed by atoms with Crippen molar-refractivity contribution in [1.29, 1.82) is 0 Å². The number of hydrogen-bond donors (Lipinski definition) is 1. The predicted octanol–water partition coefficient (Wildman–Crippen LogP) is 2.00. The third-order valence-corrected chi connectivity index (χ3v) is 4.19. The van der Waals surface area contributed by atoms with Crippen molar-refractivity contribution in [1.82, 2.24) is 24.8 Å². The van der Waals surface area contributed by atoms with Crippen LogP contribution in [0.25, 0.3) is 5.95 Å². The third-order valence-electron chi connectivity index (χ3n) is 3.99. The average Bonchev–Trinajstić information content (AvgIpc) is 3.09. The molecule has 0 radical (unpaired) electrons. The van der Waals surface area contributed by atoms with Crippen molar-refractivity contribution in [3.63, 3.8) is 0 Å². The van der Waals surface area contributed by atoms with Gasteiger partial charge >= 0.3 is 0 Å². The maximum absolute atomic E-state index is 12.4. The zero-order valence-electron chi connectivity index (χ0n) is 12.8. The van der Waals surface area contributed by atoms with E-state index in [2.05, 4.69) is 20.3 Å². The zero-order chi connectivity index (χ0) is 16.2. The highest BCUT2D eigenvalue weighted by molar-refractivity contribution is 6.29. The minimum Gasteiger partial charge on any atom is -0.381 e. The maximum atomic E-state index is 12.4. The second kappa shape index (κ2) is 7.06. The molecule has 0 aromatic carbocycles. The Labute approximate surface area is 139 Å². The molecule has 0 saturated heterocycles. The molecule has 0 unspecified atom stereocenters. The number of ether oxygens (including phenoxy) is 1. The number of nitrogens with zero attached hydrogens (tertiary/aromatic N) is 4. The number of hydrogen-bond acceptors (Lipinski definition) is 5. The van der Waals surface area contributed by atoms with E-state index >= 15 is 0 Å². The van der Waals surface area contributed by atoms with Gasteiger partial charge in [-0.2, -0.15) is 0 Å². The van der Waals surface area contributed by atoms with Crippen molar-refractivity contribution in [3.8, 4) is 5.95 Å². The van der Waals surface area contributed by atoms with E-state index in [1.165, 1.54) is 6.07 Å². The van der Waals surface area contributed by atoms with Gasteiger partial charge in [0.1, 0.15) is 17.2 Å². The summed E-state index contributed by atoms with van der Waals surface area (Å²) in [6, 6.07) is 1.61. The normalized spacial score (nSPS) is 21.1. The molecule has 1 aliphatic carbocycles. The molecule has 7 nitrogen and oxygen atoms in total. The largest absolute Gasteiger partial charge is 0.381 e. The van der Waals surface area contributed by atoms with E-state index in [4.69, 9.17) is 16.3 Å². The quantitative estimate of drug-likeness (QED) is 0.864. The van der Waals surface area contributed by atoms with E-state index in [1.807, 2.05) is 0 Å². The number of imidazole rings is 1. The summed E-state index contributed by atoms with van der Waals surface area (Å²) in [6.07, 6.45) is 8.86. The molecule has 0 aliphatic heterocycles. The molecule has 8 heteroatoms. The molecule has 23 heavy (non-hydrogen) atoms. The molecule has 2 aromatic heterocycles. The van der Waals surface area contributed by atoms with Crippen LogP contribution in [-0.4, -0.2) is 44.7 Å². The Morgan fingerprint density at radius 2 is 2.13 bits per heavy atom. The molecule has 2 heterocycles. The van der Waals surface area contributed by atoms with Gasteiger partial charge in [-0.3, -0.25) is 9.36 Å². The molecule has 2 aromatic rings. The first kappa shape index (κ1) is 15.9. The van der Waals surface area contributed by atoms with Crippen LogP contribution in [0.5, 0.6) is 0 Å². The topological polar surface area (TPSA) is 81.9 Å². The summed E-state index contributed by atoms with van der Waals surface area (Å²) in [4.78, 5) is 24.7. The van der Waals surface area contributed by atoms with Crippen LogP contribution in [0.1, 0.15) is 36.2 Å². The molecule has 1 aliphatic rings. The van der Waals surface area contributed by atoms with Crippen LogP contribution < -0.4 is 5.32 Å². The Morgan fingerprint density at radius 1 is 1.35 bits per heavy atom. The minimum atomic E-state index is -0.239. The maximum Gasteiger partial charge on any atom is 0.270 e. The van der Waals surface area contributed by atoms with Gasteiger partial charge < -0.3 is 10.1 Å². The van der Waals surface area contributed by atoms with Gasteiger partial charge in [-0.15, -0.1) is 0 Å². The number of carbonyl (C=O) groups is 1. The number of carbonyl (C=O) groups excluding carboxylic acids is 1. The highest BCUT2D eigenvalue weighted by atomic mass is 35.5. The summed E-state index contributed by atoms with van der Waals surface area (Å²) in [5.41, 5.74) is 0.252. The lowest BCUT2D eigenvalue weighted by Crippen LogP contribution is -2.39. The van der Waals surface area contributed by atoms with Crippen LogP contribution in [0.2, 0.25) is 5.15 Å². The molecule has 122 valence electrons. The lowest BCUT2D eigenvalue weighted by molar-refractivity contribution is 0.0598. The van der Waals surface area contributed by atoms with Crippen LogP contribution in [0.15, 0.2) is 24.8 Å². The first-order valence-corrected chi connectivity index (χ1v) is 7.90. The molecule has 3 rings (SSSR count). The standard InChI is InChI=1S/C15H18ClN5O2/c1-23-11-4-2-10(3-5-11)18-14(22)12-8-13(16)20-15(19-12)21-7-6-17-9-21/h6-11H,2-5H2,1H3,(H,18,22). The van der Waals surface area contributed by atoms with Gasteiger partial charge in [-0.05, 0) is 25.7 Å². The van der Waals surface area contributed by atoms with Crippen molar-refractivity contribution in [2.75, 3.05) is 7.11 Å². The third kappa shape index (κ3) is 3.86. The Kier molecular flexibility index (Phi) is 4.88. The van der Waals surface area contributed by atoms with Crippen molar-refractivity contribution in [3.05, 3.63) is 35.6 Å². The summed E-state index contributed by atoms with van der Waals surface area (Å²) >= 11 is 6.01. The fraction of sp³-hybridized carbons (Fsp3) is 0.467. The van der Waals surface area contributed by atoms with Gasteiger partial charge in [-0.1, -0.05) is 11.6 Å². The van der Waals surface area contributed by atoms with Gasteiger partial charge in [0, 0.05) is 31.6 Å².